The Hall–Kier alpha value is -1.47. The Morgan fingerprint density at radius 1 is 1.29 bits per heavy atom. The summed E-state index contributed by atoms with van der Waals surface area (Å²) in [7, 11) is -0.404. The SMILES string of the molecule is COc1ccc(OC)c(NS(=O)(=O)CC2CCCCN2)c1. The molecule has 1 aromatic carbocycles. The number of anilines is 1. The third-order valence-electron chi connectivity index (χ3n) is 3.51. The lowest BCUT2D eigenvalue weighted by molar-refractivity contribution is 0.404. The zero-order valence-electron chi connectivity index (χ0n) is 12.4. The third-order valence-corrected chi connectivity index (χ3v) is 4.88. The molecule has 1 aliphatic rings. The second-order valence-corrected chi connectivity index (χ2v) is 6.86. The van der Waals surface area contributed by atoms with Crippen molar-refractivity contribution in [3.63, 3.8) is 0 Å². The van der Waals surface area contributed by atoms with Crippen LogP contribution in [0.3, 0.4) is 0 Å². The smallest absolute Gasteiger partial charge is 0.234 e. The van der Waals surface area contributed by atoms with Crippen molar-refractivity contribution in [1.82, 2.24) is 5.32 Å². The fraction of sp³-hybridized carbons (Fsp3) is 0.571. The van der Waals surface area contributed by atoms with Crippen molar-refractivity contribution in [3.8, 4) is 11.5 Å². The third kappa shape index (κ3) is 4.50. The normalized spacial score (nSPS) is 19.0. The van der Waals surface area contributed by atoms with Crippen molar-refractivity contribution in [2.45, 2.75) is 25.3 Å². The molecule has 1 saturated heterocycles. The first-order valence-electron chi connectivity index (χ1n) is 7.00. The van der Waals surface area contributed by atoms with Crippen LogP contribution in [0.25, 0.3) is 0 Å². The first kappa shape index (κ1) is 15.9. The van der Waals surface area contributed by atoms with Gasteiger partial charge in [0.2, 0.25) is 10.0 Å². The predicted molar refractivity (Wildman–Crippen MR) is 82.6 cm³/mol. The lowest BCUT2D eigenvalue weighted by Gasteiger charge is -2.23. The molecular formula is C14H22N2O4S. The van der Waals surface area contributed by atoms with Crippen molar-refractivity contribution >= 4 is 15.7 Å². The number of rotatable bonds is 6. The summed E-state index contributed by atoms with van der Waals surface area (Å²) in [5.74, 6) is 1.10. The number of hydrogen-bond acceptors (Lipinski definition) is 5. The molecule has 118 valence electrons. The van der Waals surface area contributed by atoms with Gasteiger partial charge in [0.25, 0.3) is 0 Å². The van der Waals surface area contributed by atoms with Crippen molar-refractivity contribution in [3.05, 3.63) is 18.2 Å². The number of methoxy groups -OCH3 is 2. The van der Waals surface area contributed by atoms with E-state index >= 15 is 0 Å². The zero-order chi connectivity index (χ0) is 15.3. The molecule has 0 bridgehead atoms. The summed E-state index contributed by atoms with van der Waals surface area (Å²) in [4.78, 5) is 0. The van der Waals surface area contributed by atoms with Gasteiger partial charge in [0.1, 0.15) is 11.5 Å². The summed E-state index contributed by atoms with van der Waals surface area (Å²) in [6.45, 7) is 0.878. The van der Waals surface area contributed by atoms with Gasteiger partial charge in [0.05, 0.1) is 25.7 Å². The number of benzene rings is 1. The number of piperidine rings is 1. The summed E-state index contributed by atoms with van der Waals surface area (Å²) < 4.78 is 37.5. The van der Waals surface area contributed by atoms with Gasteiger partial charge in [-0.05, 0) is 31.5 Å². The van der Waals surface area contributed by atoms with Crippen LogP contribution in [-0.4, -0.2) is 41.0 Å². The van der Waals surface area contributed by atoms with Gasteiger partial charge in [0.15, 0.2) is 0 Å². The molecule has 0 radical (unpaired) electrons. The lowest BCUT2D eigenvalue weighted by atomic mass is 10.1. The van der Waals surface area contributed by atoms with Crippen molar-refractivity contribution < 1.29 is 17.9 Å². The van der Waals surface area contributed by atoms with Crippen LogP contribution in [0.4, 0.5) is 5.69 Å². The number of sulfonamides is 1. The standard InChI is InChI=1S/C14H22N2O4S/c1-19-12-6-7-14(20-2)13(9-12)16-21(17,18)10-11-5-3-4-8-15-11/h6-7,9,11,15-16H,3-5,8,10H2,1-2H3. The minimum atomic E-state index is -3.44. The van der Waals surface area contributed by atoms with E-state index in [0.717, 1.165) is 25.8 Å². The average molecular weight is 314 g/mol. The van der Waals surface area contributed by atoms with Crippen molar-refractivity contribution in [2.75, 3.05) is 31.2 Å². The summed E-state index contributed by atoms with van der Waals surface area (Å²) in [5.41, 5.74) is 0.396. The Balaban J connectivity index is 2.11. The van der Waals surface area contributed by atoms with Gasteiger partial charge in [-0.15, -0.1) is 0 Å². The molecule has 2 rings (SSSR count). The minimum absolute atomic E-state index is 0.00727. The Morgan fingerprint density at radius 3 is 2.71 bits per heavy atom. The molecule has 2 N–H and O–H groups in total. The van der Waals surface area contributed by atoms with E-state index < -0.39 is 10.0 Å². The van der Waals surface area contributed by atoms with E-state index in [0.29, 0.717) is 17.2 Å². The molecule has 0 saturated carbocycles. The highest BCUT2D eigenvalue weighted by Crippen LogP contribution is 2.29. The van der Waals surface area contributed by atoms with Crippen molar-refractivity contribution in [2.24, 2.45) is 0 Å². The maximum absolute atomic E-state index is 12.3. The molecule has 1 heterocycles. The van der Waals surface area contributed by atoms with Crippen LogP contribution in [0, 0.1) is 0 Å². The van der Waals surface area contributed by atoms with E-state index in [2.05, 4.69) is 10.0 Å². The molecule has 1 unspecified atom stereocenters. The highest BCUT2D eigenvalue weighted by Gasteiger charge is 2.22. The van der Waals surface area contributed by atoms with Crippen LogP contribution >= 0.6 is 0 Å². The summed E-state index contributed by atoms with van der Waals surface area (Å²) >= 11 is 0. The highest BCUT2D eigenvalue weighted by atomic mass is 32.2. The molecule has 21 heavy (non-hydrogen) atoms. The first-order chi connectivity index (χ1) is 10.0. The predicted octanol–water partition coefficient (Wildman–Crippen LogP) is 1.59. The summed E-state index contributed by atoms with van der Waals surface area (Å²) in [6, 6.07) is 5.02. The molecule has 0 amide bonds. The molecule has 1 aromatic rings. The van der Waals surface area contributed by atoms with Crippen LogP contribution in [0.1, 0.15) is 19.3 Å². The number of nitrogens with one attached hydrogen (secondary N) is 2. The summed E-state index contributed by atoms with van der Waals surface area (Å²) in [6.07, 6.45) is 3.06. The fourth-order valence-corrected chi connectivity index (χ4v) is 3.83. The van der Waals surface area contributed by atoms with Gasteiger partial charge in [-0.25, -0.2) is 8.42 Å². The van der Waals surface area contributed by atoms with E-state index in [1.807, 2.05) is 0 Å². The van der Waals surface area contributed by atoms with Crippen LogP contribution < -0.4 is 19.5 Å². The van der Waals surface area contributed by atoms with Gasteiger partial charge in [0, 0.05) is 12.1 Å². The van der Waals surface area contributed by atoms with Crippen LogP contribution in [-0.2, 0) is 10.0 Å². The molecule has 0 spiro atoms. The van der Waals surface area contributed by atoms with E-state index in [9.17, 15) is 8.42 Å². The van der Waals surface area contributed by atoms with Gasteiger partial charge in [-0.3, -0.25) is 4.72 Å². The van der Waals surface area contributed by atoms with Crippen LogP contribution in [0.2, 0.25) is 0 Å². The lowest BCUT2D eigenvalue weighted by Crippen LogP contribution is -2.40. The Morgan fingerprint density at radius 2 is 2.10 bits per heavy atom. The number of ether oxygens (including phenoxy) is 2. The Kier molecular flexibility index (Phi) is 5.30. The van der Waals surface area contributed by atoms with Crippen LogP contribution in [0.5, 0.6) is 11.5 Å². The van der Waals surface area contributed by atoms with Gasteiger partial charge in [-0.1, -0.05) is 6.42 Å². The minimum Gasteiger partial charge on any atom is -0.497 e. The summed E-state index contributed by atoms with van der Waals surface area (Å²) in [5, 5.41) is 3.24. The second kappa shape index (κ2) is 7.00. The molecule has 0 aromatic heterocycles. The maximum Gasteiger partial charge on any atom is 0.234 e. The highest BCUT2D eigenvalue weighted by molar-refractivity contribution is 7.92. The zero-order valence-corrected chi connectivity index (χ0v) is 13.2. The molecule has 1 atom stereocenters. The second-order valence-electron chi connectivity index (χ2n) is 5.10. The average Bonchev–Trinajstić information content (AvgIpc) is 2.47. The number of hydrogen-bond donors (Lipinski definition) is 2. The molecule has 7 heteroatoms. The molecule has 6 nitrogen and oxygen atoms in total. The molecule has 1 fully saturated rings. The molecular weight excluding hydrogens is 292 g/mol. The maximum atomic E-state index is 12.3. The fourth-order valence-electron chi connectivity index (χ4n) is 2.43. The Labute approximate surface area is 125 Å². The van der Waals surface area contributed by atoms with E-state index in [-0.39, 0.29) is 11.8 Å². The van der Waals surface area contributed by atoms with Crippen LogP contribution in [0.15, 0.2) is 18.2 Å². The van der Waals surface area contributed by atoms with E-state index in [1.54, 1.807) is 18.2 Å². The van der Waals surface area contributed by atoms with Gasteiger partial charge in [-0.2, -0.15) is 0 Å². The monoisotopic (exact) mass is 314 g/mol. The van der Waals surface area contributed by atoms with Gasteiger partial charge < -0.3 is 14.8 Å². The molecule has 1 aliphatic heterocycles. The molecule has 0 aliphatic carbocycles. The largest absolute Gasteiger partial charge is 0.497 e. The quantitative estimate of drug-likeness (QED) is 0.834. The van der Waals surface area contributed by atoms with E-state index in [1.165, 1.54) is 14.2 Å². The van der Waals surface area contributed by atoms with E-state index in [4.69, 9.17) is 9.47 Å². The Bertz CT molecular complexity index is 568. The first-order valence-corrected chi connectivity index (χ1v) is 8.65. The topological polar surface area (TPSA) is 76.7 Å². The van der Waals surface area contributed by atoms with Gasteiger partial charge >= 0.3 is 0 Å². The van der Waals surface area contributed by atoms with Crippen molar-refractivity contribution in [1.29, 1.82) is 0 Å².